The van der Waals surface area contributed by atoms with Crippen molar-refractivity contribution in [1.82, 2.24) is 5.32 Å². The van der Waals surface area contributed by atoms with Gasteiger partial charge in [-0.25, -0.2) is 0 Å². The minimum Gasteiger partial charge on any atom is -0.313 e. The van der Waals surface area contributed by atoms with Gasteiger partial charge in [0.05, 0.1) is 0 Å². The third-order valence-electron chi connectivity index (χ3n) is 3.76. The first-order valence-corrected chi connectivity index (χ1v) is 10.3. The van der Waals surface area contributed by atoms with Gasteiger partial charge in [-0.15, -0.1) is 0 Å². The molecule has 1 unspecified atom stereocenters. The zero-order valence-electron chi connectivity index (χ0n) is 14.4. The lowest BCUT2D eigenvalue weighted by Crippen LogP contribution is -2.32. The molecule has 0 aromatic carbocycles. The van der Waals surface area contributed by atoms with Gasteiger partial charge in [0.25, 0.3) is 0 Å². The van der Waals surface area contributed by atoms with Gasteiger partial charge in [-0.2, -0.15) is 11.8 Å². The van der Waals surface area contributed by atoms with Crippen LogP contribution in [0.1, 0.15) is 91.4 Å². The summed E-state index contributed by atoms with van der Waals surface area (Å²) in [7, 11) is 0. The maximum atomic E-state index is 3.73. The van der Waals surface area contributed by atoms with Crippen LogP contribution >= 0.6 is 11.8 Å². The predicted octanol–water partition coefficient (Wildman–Crippen LogP) is 6.03. The molecule has 0 heterocycles. The minimum atomic E-state index is 0.756. The Morgan fingerprint density at radius 3 is 2.00 bits per heavy atom. The highest BCUT2D eigenvalue weighted by Crippen LogP contribution is 2.13. The van der Waals surface area contributed by atoms with Crippen LogP contribution in [0.4, 0.5) is 0 Å². The van der Waals surface area contributed by atoms with Gasteiger partial charge in [-0.3, -0.25) is 0 Å². The van der Waals surface area contributed by atoms with E-state index in [4.69, 9.17) is 0 Å². The molecule has 0 saturated carbocycles. The van der Waals surface area contributed by atoms with E-state index in [1.54, 1.807) is 0 Å². The van der Waals surface area contributed by atoms with Gasteiger partial charge in [-0.05, 0) is 31.6 Å². The third kappa shape index (κ3) is 14.7. The Labute approximate surface area is 133 Å². The summed E-state index contributed by atoms with van der Waals surface area (Å²) in [6.07, 6.45) is 15.4. The number of hydrogen-bond donors (Lipinski definition) is 1. The number of hydrogen-bond acceptors (Lipinski definition) is 2. The molecule has 0 fully saturated rings. The molecule has 0 amide bonds. The minimum absolute atomic E-state index is 0.756. The summed E-state index contributed by atoms with van der Waals surface area (Å²) >= 11 is 2.13. The molecule has 0 aromatic rings. The van der Waals surface area contributed by atoms with Crippen LogP contribution in [0.2, 0.25) is 0 Å². The summed E-state index contributed by atoms with van der Waals surface area (Å²) in [5, 5.41) is 3.73. The highest BCUT2D eigenvalue weighted by atomic mass is 32.2. The Kier molecular flexibility index (Phi) is 17.6. The molecule has 0 aliphatic rings. The van der Waals surface area contributed by atoms with Gasteiger partial charge >= 0.3 is 0 Å². The molecule has 0 aliphatic heterocycles. The summed E-state index contributed by atoms with van der Waals surface area (Å²) in [5.41, 5.74) is 0. The molecule has 0 saturated heterocycles. The van der Waals surface area contributed by atoms with E-state index in [2.05, 4.69) is 37.8 Å². The van der Waals surface area contributed by atoms with Gasteiger partial charge in [-0.1, -0.05) is 72.1 Å². The van der Waals surface area contributed by atoms with E-state index in [-0.39, 0.29) is 0 Å². The first kappa shape index (κ1) is 20.3. The lowest BCUT2D eigenvalue weighted by molar-refractivity contribution is 0.481. The lowest BCUT2D eigenvalue weighted by Gasteiger charge is -2.18. The van der Waals surface area contributed by atoms with Gasteiger partial charge in [0.15, 0.2) is 0 Å². The van der Waals surface area contributed by atoms with Crippen LogP contribution in [0, 0.1) is 0 Å². The van der Waals surface area contributed by atoms with Crippen LogP contribution < -0.4 is 5.32 Å². The van der Waals surface area contributed by atoms with Crippen molar-refractivity contribution in [2.24, 2.45) is 0 Å². The van der Waals surface area contributed by atoms with E-state index < -0.39 is 0 Å². The molecular weight excluding hydrogens is 262 g/mol. The first-order chi connectivity index (χ1) is 9.85. The Balaban J connectivity index is 3.46. The zero-order valence-corrected chi connectivity index (χ0v) is 15.2. The molecule has 0 spiro atoms. The Bertz CT molecular complexity index is 173. The van der Waals surface area contributed by atoms with Crippen molar-refractivity contribution in [2.75, 3.05) is 18.1 Å². The molecule has 0 aliphatic carbocycles. The van der Waals surface area contributed by atoms with Crippen molar-refractivity contribution in [3.8, 4) is 0 Å². The Morgan fingerprint density at radius 2 is 1.40 bits per heavy atom. The normalized spacial score (nSPS) is 12.8. The van der Waals surface area contributed by atoms with Crippen LogP contribution in [0.3, 0.4) is 0 Å². The highest BCUT2D eigenvalue weighted by Gasteiger charge is 2.07. The van der Waals surface area contributed by atoms with E-state index in [0.717, 1.165) is 6.04 Å². The third-order valence-corrected chi connectivity index (χ3v) is 5.09. The number of nitrogens with one attached hydrogen (secondary N) is 1. The lowest BCUT2D eigenvalue weighted by atomic mass is 10.1. The van der Waals surface area contributed by atoms with Crippen LogP contribution in [0.15, 0.2) is 0 Å². The second-order valence-electron chi connectivity index (χ2n) is 5.99. The molecule has 0 radical (unpaired) electrons. The maximum absolute atomic E-state index is 3.73. The van der Waals surface area contributed by atoms with Crippen molar-refractivity contribution < 1.29 is 0 Å². The largest absolute Gasteiger partial charge is 0.313 e. The molecule has 0 bridgehead atoms. The van der Waals surface area contributed by atoms with Crippen molar-refractivity contribution in [3.63, 3.8) is 0 Å². The van der Waals surface area contributed by atoms with Crippen LogP contribution in [-0.4, -0.2) is 24.1 Å². The Morgan fingerprint density at radius 1 is 0.750 bits per heavy atom. The van der Waals surface area contributed by atoms with Crippen molar-refractivity contribution >= 4 is 11.8 Å². The average Bonchev–Trinajstić information content (AvgIpc) is 2.47. The Hall–Kier alpha value is 0.310. The number of unbranched alkanes of at least 4 members (excludes halogenated alkanes) is 7. The SMILES string of the molecule is CCCCCCCCCCC(CSCCC)NCCC. The molecule has 1 nitrogen and oxygen atoms in total. The second-order valence-corrected chi connectivity index (χ2v) is 7.14. The second kappa shape index (κ2) is 17.4. The first-order valence-electron chi connectivity index (χ1n) is 9.16. The molecule has 0 rings (SSSR count). The van der Waals surface area contributed by atoms with Crippen molar-refractivity contribution in [1.29, 1.82) is 0 Å². The van der Waals surface area contributed by atoms with E-state index in [1.165, 1.54) is 88.7 Å². The van der Waals surface area contributed by atoms with Crippen LogP contribution in [-0.2, 0) is 0 Å². The van der Waals surface area contributed by atoms with Gasteiger partial charge in [0.1, 0.15) is 0 Å². The summed E-state index contributed by atoms with van der Waals surface area (Å²) < 4.78 is 0. The summed E-state index contributed by atoms with van der Waals surface area (Å²) in [4.78, 5) is 0. The van der Waals surface area contributed by atoms with Gasteiger partial charge in [0.2, 0.25) is 0 Å². The van der Waals surface area contributed by atoms with Crippen molar-refractivity contribution in [3.05, 3.63) is 0 Å². The predicted molar refractivity (Wildman–Crippen MR) is 96.9 cm³/mol. The van der Waals surface area contributed by atoms with E-state index in [9.17, 15) is 0 Å². The summed E-state index contributed by atoms with van der Waals surface area (Å²) in [6, 6.07) is 0.756. The van der Waals surface area contributed by atoms with Crippen molar-refractivity contribution in [2.45, 2.75) is 97.4 Å². The quantitative estimate of drug-likeness (QED) is 0.349. The fourth-order valence-electron chi connectivity index (χ4n) is 2.49. The molecule has 2 heteroatoms. The monoisotopic (exact) mass is 301 g/mol. The molecule has 1 atom stereocenters. The van der Waals surface area contributed by atoms with Crippen LogP contribution in [0.5, 0.6) is 0 Å². The number of thioether (sulfide) groups is 1. The maximum Gasteiger partial charge on any atom is 0.0158 e. The molecule has 122 valence electrons. The smallest absolute Gasteiger partial charge is 0.0158 e. The van der Waals surface area contributed by atoms with Crippen LogP contribution in [0.25, 0.3) is 0 Å². The topological polar surface area (TPSA) is 12.0 Å². The number of rotatable bonds is 16. The molecule has 1 N–H and O–H groups in total. The molecular formula is C18H39NS. The fraction of sp³-hybridized carbons (Fsp3) is 1.00. The highest BCUT2D eigenvalue weighted by molar-refractivity contribution is 7.99. The summed E-state index contributed by atoms with van der Waals surface area (Å²) in [6.45, 7) is 8.02. The van der Waals surface area contributed by atoms with E-state index in [1.807, 2.05) is 0 Å². The van der Waals surface area contributed by atoms with E-state index in [0.29, 0.717) is 0 Å². The van der Waals surface area contributed by atoms with Gasteiger partial charge < -0.3 is 5.32 Å². The zero-order chi connectivity index (χ0) is 14.9. The van der Waals surface area contributed by atoms with Gasteiger partial charge in [0, 0.05) is 11.8 Å². The van der Waals surface area contributed by atoms with E-state index >= 15 is 0 Å². The standard InChI is InChI=1S/C18H39NS/c1-4-7-8-9-10-11-12-13-14-18(19-15-5-2)17-20-16-6-3/h18-19H,4-17H2,1-3H3. The molecule has 0 aromatic heterocycles. The fourth-order valence-corrected chi connectivity index (χ4v) is 3.51. The molecule has 20 heavy (non-hydrogen) atoms. The average molecular weight is 302 g/mol. The summed E-state index contributed by atoms with van der Waals surface area (Å²) in [5.74, 6) is 2.63.